The van der Waals surface area contributed by atoms with Crippen LogP contribution in [0.3, 0.4) is 0 Å². The highest BCUT2D eigenvalue weighted by molar-refractivity contribution is 7.99. The number of aryl methyl sites for hydroxylation is 2. The highest BCUT2D eigenvalue weighted by Crippen LogP contribution is 2.34. The Morgan fingerprint density at radius 2 is 2.13 bits per heavy atom. The highest BCUT2D eigenvalue weighted by atomic mass is 35.5. The van der Waals surface area contributed by atoms with Gasteiger partial charge in [0.25, 0.3) is 0 Å². The molecule has 150 valence electrons. The van der Waals surface area contributed by atoms with Gasteiger partial charge in [0.15, 0.2) is 0 Å². The number of rotatable bonds is 6. The van der Waals surface area contributed by atoms with E-state index in [0.717, 1.165) is 38.3 Å². The summed E-state index contributed by atoms with van der Waals surface area (Å²) in [5, 5.41) is 14.7. The largest absolute Gasteiger partial charge is 0.487 e. The SMILES string of the molecule is Cc1cc(-c2ccnn2C)c2cccc(OCc3c(Cl)cncc3SCC#N)c2n1. The predicted molar refractivity (Wildman–Crippen MR) is 119 cm³/mol. The number of nitriles is 1. The van der Waals surface area contributed by atoms with Crippen molar-refractivity contribution in [2.24, 2.45) is 7.05 Å². The van der Waals surface area contributed by atoms with Crippen LogP contribution in [0.25, 0.3) is 22.2 Å². The van der Waals surface area contributed by atoms with Gasteiger partial charge in [-0.05, 0) is 25.1 Å². The van der Waals surface area contributed by atoms with Gasteiger partial charge in [0.1, 0.15) is 17.9 Å². The molecule has 6 nitrogen and oxygen atoms in total. The molecule has 0 aliphatic carbocycles. The van der Waals surface area contributed by atoms with E-state index in [1.165, 1.54) is 11.8 Å². The van der Waals surface area contributed by atoms with Gasteiger partial charge in [-0.1, -0.05) is 23.7 Å². The maximum Gasteiger partial charge on any atom is 0.146 e. The van der Waals surface area contributed by atoms with Crippen LogP contribution in [-0.4, -0.2) is 25.5 Å². The van der Waals surface area contributed by atoms with E-state index in [1.54, 1.807) is 18.6 Å². The molecule has 0 aliphatic heterocycles. The lowest BCUT2D eigenvalue weighted by Gasteiger charge is -2.14. The lowest BCUT2D eigenvalue weighted by molar-refractivity contribution is 0.306. The molecular weight excluding hydrogens is 418 g/mol. The quantitative estimate of drug-likeness (QED) is 0.388. The first-order chi connectivity index (χ1) is 14.6. The number of para-hydroxylation sites is 1. The van der Waals surface area contributed by atoms with Gasteiger partial charge in [-0.2, -0.15) is 10.4 Å². The summed E-state index contributed by atoms with van der Waals surface area (Å²) in [4.78, 5) is 9.70. The van der Waals surface area contributed by atoms with E-state index in [4.69, 9.17) is 26.6 Å². The van der Waals surface area contributed by atoms with Crippen LogP contribution in [0.1, 0.15) is 11.3 Å². The van der Waals surface area contributed by atoms with Crippen LogP contribution in [0.15, 0.2) is 53.8 Å². The fourth-order valence-corrected chi connectivity index (χ4v) is 4.25. The Bertz CT molecular complexity index is 1260. The average molecular weight is 436 g/mol. The van der Waals surface area contributed by atoms with E-state index >= 15 is 0 Å². The second-order valence-electron chi connectivity index (χ2n) is 6.64. The first-order valence-corrected chi connectivity index (χ1v) is 10.6. The Labute approximate surface area is 183 Å². The summed E-state index contributed by atoms with van der Waals surface area (Å²) in [6.45, 7) is 2.22. The van der Waals surface area contributed by atoms with E-state index < -0.39 is 0 Å². The molecule has 0 amide bonds. The van der Waals surface area contributed by atoms with Gasteiger partial charge < -0.3 is 4.74 Å². The second-order valence-corrected chi connectivity index (χ2v) is 8.06. The lowest BCUT2D eigenvalue weighted by atomic mass is 10.0. The topological polar surface area (TPSA) is 76.6 Å². The Morgan fingerprint density at radius 1 is 1.27 bits per heavy atom. The van der Waals surface area contributed by atoms with Crippen molar-refractivity contribution in [1.29, 1.82) is 5.26 Å². The number of nitrogens with zero attached hydrogens (tertiary/aromatic N) is 5. The van der Waals surface area contributed by atoms with E-state index in [9.17, 15) is 0 Å². The minimum absolute atomic E-state index is 0.255. The van der Waals surface area contributed by atoms with Gasteiger partial charge in [-0.25, -0.2) is 4.98 Å². The molecule has 30 heavy (non-hydrogen) atoms. The first kappa shape index (κ1) is 20.2. The molecule has 3 heterocycles. The Kier molecular flexibility index (Phi) is 5.88. The maximum atomic E-state index is 8.89. The number of benzene rings is 1. The van der Waals surface area contributed by atoms with Crippen molar-refractivity contribution < 1.29 is 4.74 Å². The molecule has 4 aromatic rings. The molecule has 8 heteroatoms. The van der Waals surface area contributed by atoms with Gasteiger partial charge in [-0.15, -0.1) is 11.8 Å². The van der Waals surface area contributed by atoms with E-state index in [1.807, 2.05) is 42.9 Å². The summed E-state index contributed by atoms with van der Waals surface area (Å²) in [6, 6.07) is 12.1. The fraction of sp³-hybridized carbons (Fsp3) is 0.182. The normalized spacial score (nSPS) is 10.9. The van der Waals surface area contributed by atoms with Gasteiger partial charge in [0, 0.05) is 52.7 Å². The number of aromatic nitrogens is 4. The third kappa shape index (κ3) is 3.97. The Balaban J connectivity index is 1.73. The summed E-state index contributed by atoms with van der Waals surface area (Å²) in [7, 11) is 1.92. The maximum absolute atomic E-state index is 8.89. The molecule has 0 N–H and O–H groups in total. The van der Waals surface area contributed by atoms with Crippen LogP contribution >= 0.6 is 23.4 Å². The van der Waals surface area contributed by atoms with Gasteiger partial charge >= 0.3 is 0 Å². The minimum Gasteiger partial charge on any atom is -0.487 e. The first-order valence-electron chi connectivity index (χ1n) is 9.22. The van der Waals surface area contributed by atoms with Crippen molar-refractivity contribution in [2.75, 3.05) is 5.75 Å². The van der Waals surface area contributed by atoms with Crippen molar-refractivity contribution in [3.63, 3.8) is 0 Å². The predicted octanol–water partition coefficient (Wildman–Crippen LogP) is 5.19. The van der Waals surface area contributed by atoms with Crippen LogP contribution in [0.4, 0.5) is 0 Å². The number of hydrogen-bond donors (Lipinski definition) is 0. The summed E-state index contributed by atoms with van der Waals surface area (Å²) < 4.78 is 8.02. The molecule has 0 saturated heterocycles. The Hall–Kier alpha value is -3.08. The minimum atomic E-state index is 0.255. The third-order valence-corrected chi connectivity index (χ3v) is 5.92. The molecule has 1 aromatic carbocycles. The van der Waals surface area contributed by atoms with Gasteiger partial charge in [0.2, 0.25) is 0 Å². The zero-order valence-electron chi connectivity index (χ0n) is 16.5. The molecule has 0 fully saturated rings. The van der Waals surface area contributed by atoms with E-state index in [-0.39, 0.29) is 6.61 Å². The van der Waals surface area contributed by atoms with Crippen molar-refractivity contribution in [3.05, 3.63) is 65.2 Å². The molecule has 0 atom stereocenters. The molecule has 0 aliphatic rings. The summed E-state index contributed by atoms with van der Waals surface area (Å²) >= 11 is 7.76. The number of hydrogen-bond acceptors (Lipinski definition) is 6. The fourth-order valence-electron chi connectivity index (χ4n) is 3.29. The zero-order chi connectivity index (χ0) is 21.1. The van der Waals surface area contributed by atoms with Crippen molar-refractivity contribution in [2.45, 2.75) is 18.4 Å². The molecule has 0 saturated carbocycles. The molecule has 4 rings (SSSR count). The number of fused-ring (bicyclic) bond motifs is 1. The Morgan fingerprint density at radius 3 is 2.90 bits per heavy atom. The van der Waals surface area contributed by atoms with Crippen LogP contribution in [0.5, 0.6) is 5.75 Å². The molecule has 0 bridgehead atoms. The van der Waals surface area contributed by atoms with E-state index in [2.05, 4.69) is 22.2 Å². The number of pyridine rings is 2. The van der Waals surface area contributed by atoms with Crippen LogP contribution < -0.4 is 4.74 Å². The standard InChI is InChI=1S/C22H18ClN5OS/c1-14-10-16(19-6-8-26-28(19)2)15-4-3-5-20(22(15)27-14)29-13-17-18(23)11-25-12-21(17)30-9-7-24/h3-6,8,10-12H,9,13H2,1-2H3. The smallest absolute Gasteiger partial charge is 0.146 e. The molecule has 0 unspecified atom stereocenters. The highest BCUT2D eigenvalue weighted by Gasteiger charge is 2.15. The van der Waals surface area contributed by atoms with Crippen molar-refractivity contribution >= 4 is 34.3 Å². The molecule has 0 spiro atoms. The summed E-state index contributed by atoms with van der Waals surface area (Å²) in [5.41, 5.74) is 4.54. The molecule has 0 radical (unpaired) electrons. The van der Waals surface area contributed by atoms with Gasteiger partial charge in [0.05, 0.1) is 22.5 Å². The number of ether oxygens (including phenoxy) is 1. The van der Waals surface area contributed by atoms with Crippen LogP contribution in [0, 0.1) is 18.3 Å². The third-order valence-electron chi connectivity index (χ3n) is 4.66. The van der Waals surface area contributed by atoms with Crippen LogP contribution in [0.2, 0.25) is 5.02 Å². The number of halogens is 1. The molecule has 3 aromatic heterocycles. The van der Waals surface area contributed by atoms with E-state index in [0.29, 0.717) is 16.5 Å². The second kappa shape index (κ2) is 8.74. The van der Waals surface area contributed by atoms with Crippen molar-refractivity contribution in [1.82, 2.24) is 19.7 Å². The molecular formula is C22H18ClN5OS. The lowest BCUT2D eigenvalue weighted by Crippen LogP contribution is -2.02. The summed E-state index contributed by atoms with van der Waals surface area (Å²) in [6.07, 6.45) is 5.07. The average Bonchev–Trinajstić information content (AvgIpc) is 3.16. The van der Waals surface area contributed by atoms with Crippen LogP contribution in [-0.2, 0) is 13.7 Å². The van der Waals surface area contributed by atoms with Crippen molar-refractivity contribution in [3.8, 4) is 23.1 Å². The van der Waals surface area contributed by atoms with Gasteiger partial charge in [-0.3, -0.25) is 9.67 Å². The zero-order valence-corrected chi connectivity index (χ0v) is 18.0. The monoisotopic (exact) mass is 435 g/mol. The number of thioether (sulfide) groups is 1. The summed E-state index contributed by atoms with van der Waals surface area (Å²) in [5.74, 6) is 0.988.